The van der Waals surface area contributed by atoms with E-state index in [-0.39, 0.29) is 24.3 Å². The van der Waals surface area contributed by atoms with Crippen LogP contribution in [0.3, 0.4) is 0 Å². The molecule has 0 bridgehead atoms. The van der Waals surface area contributed by atoms with Gasteiger partial charge in [-0.1, -0.05) is 97.4 Å². The molecule has 0 aliphatic heterocycles. The number of nitrogens with one attached hydrogen (secondary N) is 1. The number of carbonyl (C=O) groups excluding carboxylic acids is 2. The third-order valence-electron chi connectivity index (χ3n) is 5.91. The van der Waals surface area contributed by atoms with Crippen molar-refractivity contribution in [3.05, 3.63) is 107 Å². The molecule has 4 heteroatoms. The lowest BCUT2D eigenvalue weighted by molar-refractivity contribution is -0.141. The largest absolute Gasteiger partial charge is 0.352 e. The molecular weight excluding hydrogens is 408 g/mol. The second kappa shape index (κ2) is 12.0. The summed E-state index contributed by atoms with van der Waals surface area (Å²) in [5.74, 6) is -0.161. The van der Waals surface area contributed by atoms with E-state index in [1.165, 1.54) is 0 Å². The van der Waals surface area contributed by atoms with Crippen molar-refractivity contribution >= 4 is 11.8 Å². The van der Waals surface area contributed by atoms with E-state index in [2.05, 4.69) is 5.32 Å². The van der Waals surface area contributed by atoms with Gasteiger partial charge in [-0.05, 0) is 37.0 Å². The van der Waals surface area contributed by atoms with Crippen LogP contribution < -0.4 is 5.32 Å². The molecule has 4 nitrogen and oxygen atoms in total. The van der Waals surface area contributed by atoms with E-state index < -0.39 is 6.04 Å². The molecule has 0 aliphatic rings. The highest BCUT2D eigenvalue weighted by molar-refractivity contribution is 5.89. The number of amides is 2. The van der Waals surface area contributed by atoms with Gasteiger partial charge in [-0.2, -0.15) is 0 Å². The van der Waals surface area contributed by atoms with Crippen LogP contribution in [-0.4, -0.2) is 28.8 Å². The number of rotatable bonds is 10. The van der Waals surface area contributed by atoms with Crippen LogP contribution in [0.5, 0.6) is 0 Å². The third kappa shape index (κ3) is 7.31. The fourth-order valence-corrected chi connectivity index (χ4v) is 3.87. The van der Waals surface area contributed by atoms with E-state index in [0.29, 0.717) is 13.0 Å². The van der Waals surface area contributed by atoms with Crippen LogP contribution in [-0.2, 0) is 29.0 Å². The number of benzene rings is 3. The Morgan fingerprint density at radius 2 is 1.45 bits per heavy atom. The summed E-state index contributed by atoms with van der Waals surface area (Å²) in [6, 6.07) is 27.2. The van der Waals surface area contributed by atoms with Crippen molar-refractivity contribution in [2.45, 2.75) is 58.7 Å². The zero-order valence-electron chi connectivity index (χ0n) is 19.8. The molecule has 2 atom stereocenters. The number of nitrogens with zero attached hydrogens (tertiary/aromatic N) is 1. The number of hydrogen-bond donors (Lipinski definition) is 1. The summed E-state index contributed by atoms with van der Waals surface area (Å²) in [5.41, 5.74) is 4.11. The molecule has 0 saturated heterocycles. The van der Waals surface area contributed by atoms with Crippen LogP contribution >= 0.6 is 0 Å². The van der Waals surface area contributed by atoms with Crippen LogP contribution in [0.15, 0.2) is 84.9 Å². The average molecular weight is 443 g/mol. The summed E-state index contributed by atoms with van der Waals surface area (Å²) in [6.07, 6.45) is 1.56. The molecule has 0 aliphatic carbocycles. The van der Waals surface area contributed by atoms with Gasteiger partial charge in [-0.3, -0.25) is 9.59 Å². The van der Waals surface area contributed by atoms with Crippen LogP contribution in [0.4, 0.5) is 0 Å². The predicted octanol–water partition coefficient (Wildman–Crippen LogP) is 5.09. The first-order valence-electron chi connectivity index (χ1n) is 11.7. The lowest BCUT2D eigenvalue weighted by atomic mass is 10.0. The van der Waals surface area contributed by atoms with E-state index in [4.69, 9.17) is 0 Å². The molecule has 172 valence electrons. The molecule has 0 spiro atoms. The predicted molar refractivity (Wildman–Crippen MR) is 134 cm³/mol. The van der Waals surface area contributed by atoms with Crippen molar-refractivity contribution in [2.75, 3.05) is 0 Å². The van der Waals surface area contributed by atoms with E-state index in [1.807, 2.05) is 106 Å². The van der Waals surface area contributed by atoms with E-state index in [0.717, 1.165) is 28.7 Å². The first kappa shape index (κ1) is 24.2. The molecule has 0 fully saturated rings. The first-order valence-corrected chi connectivity index (χ1v) is 11.7. The number of carbonyl (C=O) groups is 2. The van der Waals surface area contributed by atoms with Gasteiger partial charge in [-0.25, -0.2) is 0 Å². The van der Waals surface area contributed by atoms with Gasteiger partial charge >= 0.3 is 0 Å². The molecule has 0 radical (unpaired) electrons. The maximum absolute atomic E-state index is 13.7. The summed E-state index contributed by atoms with van der Waals surface area (Å²) >= 11 is 0. The van der Waals surface area contributed by atoms with Gasteiger partial charge in [0.1, 0.15) is 6.04 Å². The molecule has 0 saturated carbocycles. The maximum atomic E-state index is 13.7. The van der Waals surface area contributed by atoms with Crippen molar-refractivity contribution in [1.29, 1.82) is 0 Å². The van der Waals surface area contributed by atoms with Gasteiger partial charge < -0.3 is 10.2 Å². The summed E-state index contributed by atoms with van der Waals surface area (Å²) in [7, 11) is 0. The second-order valence-corrected chi connectivity index (χ2v) is 8.70. The molecular formula is C29H34N2O2. The summed E-state index contributed by atoms with van der Waals surface area (Å²) in [4.78, 5) is 28.9. The first-order chi connectivity index (χ1) is 16.0. The average Bonchev–Trinajstić information content (AvgIpc) is 2.82. The molecule has 3 aromatic carbocycles. The number of hydrogen-bond acceptors (Lipinski definition) is 2. The summed E-state index contributed by atoms with van der Waals surface area (Å²) in [6.45, 7) is 6.44. The summed E-state index contributed by atoms with van der Waals surface area (Å²) < 4.78 is 0. The minimum absolute atomic E-state index is 0.0428. The van der Waals surface area contributed by atoms with Gasteiger partial charge in [0.15, 0.2) is 0 Å². The molecule has 0 aromatic heterocycles. The Kier molecular flexibility index (Phi) is 8.82. The Balaban J connectivity index is 1.95. The Hall–Kier alpha value is -3.40. The molecule has 33 heavy (non-hydrogen) atoms. The topological polar surface area (TPSA) is 49.4 Å². The van der Waals surface area contributed by atoms with Crippen molar-refractivity contribution in [3.63, 3.8) is 0 Å². The van der Waals surface area contributed by atoms with Crippen molar-refractivity contribution in [2.24, 2.45) is 0 Å². The van der Waals surface area contributed by atoms with Crippen molar-refractivity contribution in [1.82, 2.24) is 10.2 Å². The van der Waals surface area contributed by atoms with Crippen LogP contribution in [0.2, 0.25) is 0 Å². The highest BCUT2D eigenvalue weighted by atomic mass is 16.2. The van der Waals surface area contributed by atoms with Gasteiger partial charge in [0, 0.05) is 19.0 Å². The molecule has 1 N–H and O–H groups in total. The Morgan fingerprint density at radius 3 is 2.06 bits per heavy atom. The van der Waals surface area contributed by atoms with Crippen LogP contribution in [0.1, 0.15) is 42.5 Å². The van der Waals surface area contributed by atoms with Crippen LogP contribution in [0.25, 0.3) is 0 Å². The van der Waals surface area contributed by atoms with Crippen molar-refractivity contribution in [3.8, 4) is 0 Å². The van der Waals surface area contributed by atoms with Gasteiger partial charge in [0.05, 0.1) is 6.42 Å². The minimum Gasteiger partial charge on any atom is -0.352 e. The third-order valence-corrected chi connectivity index (χ3v) is 5.91. The lowest BCUT2D eigenvalue weighted by Gasteiger charge is -2.32. The minimum atomic E-state index is -0.598. The lowest BCUT2D eigenvalue weighted by Crippen LogP contribution is -2.52. The molecule has 3 aromatic rings. The molecule has 0 heterocycles. The number of aryl methyl sites for hydroxylation is 1. The molecule has 3 rings (SSSR count). The fourth-order valence-electron chi connectivity index (χ4n) is 3.87. The maximum Gasteiger partial charge on any atom is 0.243 e. The highest BCUT2D eigenvalue weighted by Crippen LogP contribution is 2.17. The van der Waals surface area contributed by atoms with Gasteiger partial charge in [-0.15, -0.1) is 0 Å². The van der Waals surface area contributed by atoms with E-state index in [1.54, 1.807) is 4.90 Å². The molecule has 0 unspecified atom stereocenters. The smallest absolute Gasteiger partial charge is 0.243 e. The van der Waals surface area contributed by atoms with E-state index >= 15 is 0 Å². The molecule has 2 amide bonds. The standard InChI is InChI=1S/C29H34N2O2/c1-4-23(3)30-29(33)27(19-24-13-7-5-8-14-24)31(21-25-15-9-6-10-16-25)28(32)20-26-17-11-12-22(2)18-26/h5-18,23,27H,4,19-21H2,1-3H3,(H,30,33)/t23-,27+/m0/s1. The Labute approximate surface area is 197 Å². The summed E-state index contributed by atoms with van der Waals surface area (Å²) in [5, 5.41) is 3.11. The zero-order valence-corrected chi connectivity index (χ0v) is 19.8. The SMILES string of the molecule is CC[C@H](C)NC(=O)[C@@H](Cc1ccccc1)N(Cc1ccccc1)C(=O)Cc1cccc(C)c1. The van der Waals surface area contributed by atoms with Crippen LogP contribution in [0, 0.1) is 6.92 Å². The second-order valence-electron chi connectivity index (χ2n) is 8.70. The fraction of sp³-hybridized carbons (Fsp3) is 0.310. The monoisotopic (exact) mass is 442 g/mol. The highest BCUT2D eigenvalue weighted by Gasteiger charge is 2.30. The quantitative estimate of drug-likeness (QED) is 0.475. The Morgan fingerprint density at radius 1 is 0.848 bits per heavy atom. The zero-order chi connectivity index (χ0) is 23.6. The normalized spacial score (nSPS) is 12.6. The van der Waals surface area contributed by atoms with E-state index in [9.17, 15) is 9.59 Å². The van der Waals surface area contributed by atoms with Gasteiger partial charge in [0.25, 0.3) is 0 Å². The van der Waals surface area contributed by atoms with Gasteiger partial charge in [0.2, 0.25) is 11.8 Å². The van der Waals surface area contributed by atoms with Crippen molar-refractivity contribution < 1.29 is 9.59 Å². The Bertz CT molecular complexity index is 1030.